The standard InChI is InChI=1S/C11H12N4O2/c1-8(16)15-5-2-9(7-15)17-11-10(6-12)13-3-4-14-11/h3-4,9H,2,5,7H2,1H3. The Morgan fingerprint density at radius 2 is 2.35 bits per heavy atom. The van der Waals surface area contributed by atoms with Gasteiger partial charge in [0.15, 0.2) is 0 Å². The molecule has 1 saturated heterocycles. The van der Waals surface area contributed by atoms with Crippen molar-refractivity contribution in [1.29, 1.82) is 5.26 Å². The Bertz CT molecular complexity index is 469. The molecule has 0 aromatic carbocycles. The molecule has 0 bridgehead atoms. The van der Waals surface area contributed by atoms with E-state index in [1.807, 2.05) is 6.07 Å². The fourth-order valence-electron chi connectivity index (χ4n) is 1.76. The van der Waals surface area contributed by atoms with Crippen LogP contribution in [0.25, 0.3) is 0 Å². The maximum atomic E-state index is 11.2. The molecule has 0 N–H and O–H groups in total. The minimum absolute atomic E-state index is 0.0377. The summed E-state index contributed by atoms with van der Waals surface area (Å²) in [6.07, 6.45) is 3.57. The van der Waals surface area contributed by atoms with Crippen LogP contribution in [-0.4, -0.2) is 40.0 Å². The van der Waals surface area contributed by atoms with Crippen molar-refractivity contribution in [2.24, 2.45) is 0 Å². The zero-order valence-electron chi connectivity index (χ0n) is 9.46. The maximum Gasteiger partial charge on any atom is 0.251 e. The Morgan fingerprint density at radius 1 is 1.59 bits per heavy atom. The molecule has 6 nitrogen and oxygen atoms in total. The van der Waals surface area contributed by atoms with Gasteiger partial charge in [-0.05, 0) is 0 Å². The molecule has 0 aliphatic carbocycles. The number of nitrogens with zero attached hydrogens (tertiary/aromatic N) is 4. The average Bonchev–Trinajstić information content (AvgIpc) is 2.78. The third-order valence-corrected chi connectivity index (χ3v) is 2.64. The van der Waals surface area contributed by atoms with Gasteiger partial charge in [0.25, 0.3) is 5.88 Å². The Hall–Kier alpha value is -2.16. The Kier molecular flexibility index (Phi) is 3.19. The molecular formula is C11H12N4O2. The predicted octanol–water partition coefficient (Wildman–Crippen LogP) is 0.348. The van der Waals surface area contributed by atoms with Crippen molar-refractivity contribution in [3.63, 3.8) is 0 Å². The summed E-state index contributed by atoms with van der Waals surface area (Å²) in [5.74, 6) is 0.279. The first-order valence-corrected chi connectivity index (χ1v) is 5.34. The van der Waals surface area contributed by atoms with Gasteiger partial charge in [-0.1, -0.05) is 0 Å². The van der Waals surface area contributed by atoms with Gasteiger partial charge >= 0.3 is 0 Å². The molecule has 0 spiro atoms. The van der Waals surface area contributed by atoms with Crippen molar-refractivity contribution in [3.05, 3.63) is 18.1 Å². The highest BCUT2D eigenvalue weighted by Crippen LogP contribution is 2.18. The molecule has 0 radical (unpaired) electrons. The van der Waals surface area contributed by atoms with Gasteiger partial charge in [0.1, 0.15) is 12.2 Å². The summed E-state index contributed by atoms with van der Waals surface area (Å²) >= 11 is 0. The third kappa shape index (κ3) is 2.50. The Morgan fingerprint density at radius 3 is 3.00 bits per heavy atom. The first kappa shape index (κ1) is 11.3. The number of aromatic nitrogens is 2. The van der Waals surface area contributed by atoms with Crippen LogP contribution in [0.15, 0.2) is 12.4 Å². The number of hydrogen-bond donors (Lipinski definition) is 0. The molecule has 88 valence electrons. The number of carbonyl (C=O) groups is 1. The quantitative estimate of drug-likeness (QED) is 0.735. The van der Waals surface area contributed by atoms with Gasteiger partial charge in [-0.2, -0.15) is 5.26 Å². The van der Waals surface area contributed by atoms with E-state index in [1.54, 1.807) is 4.90 Å². The zero-order valence-corrected chi connectivity index (χ0v) is 9.46. The molecular weight excluding hydrogens is 220 g/mol. The molecule has 2 heterocycles. The van der Waals surface area contributed by atoms with Gasteiger partial charge in [-0.3, -0.25) is 4.79 Å². The van der Waals surface area contributed by atoms with Crippen molar-refractivity contribution in [2.45, 2.75) is 19.4 Å². The van der Waals surface area contributed by atoms with E-state index in [-0.39, 0.29) is 23.6 Å². The Balaban J connectivity index is 2.03. The fourth-order valence-corrected chi connectivity index (χ4v) is 1.76. The summed E-state index contributed by atoms with van der Waals surface area (Å²) in [7, 11) is 0. The Labute approximate surface area is 98.8 Å². The summed E-state index contributed by atoms with van der Waals surface area (Å²) in [5, 5.41) is 8.84. The molecule has 1 aromatic rings. The second-order valence-electron chi connectivity index (χ2n) is 3.82. The van der Waals surface area contributed by atoms with Crippen LogP contribution >= 0.6 is 0 Å². The van der Waals surface area contributed by atoms with Gasteiger partial charge in [-0.25, -0.2) is 9.97 Å². The predicted molar refractivity (Wildman–Crippen MR) is 58.0 cm³/mol. The van der Waals surface area contributed by atoms with E-state index in [0.717, 1.165) is 6.42 Å². The lowest BCUT2D eigenvalue weighted by Crippen LogP contribution is -2.29. The van der Waals surface area contributed by atoms with E-state index in [2.05, 4.69) is 9.97 Å². The number of carbonyl (C=O) groups excluding carboxylic acids is 1. The summed E-state index contributed by atoms with van der Waals surface area (Å²) in [5.41, 5.74) is 0.175. The second kappa shape index (κ2) is 4.78. The highest BCUT2D eigenvalue weighted by atomic mass is 16.5. The van der Waals surface area contributed by atoms with Crippen LogP contribution in [0.3, 0.4) is 0 Å². The van der Waals surface area contributed by atoms with E-state index in [9.17, 15) is 4.79 Å². The normalized spacial score (nSPS) is 18.8. The van der Waals surface area contributed by atoms with Crippen molar-refractivity contribution in [1.82, 2.24) is 14.9 Å². The van der Waals surface area contributed by atoms with Crippen LogP contribution in [0.1, 0.15) is 19.0 Å². The minimum atomic E-state index is -0.109. The number of rotatable bonds is 2. The number of amides is 1. The lowest BCUT2D eigenvalue weighted by atomic mass is 10.3. The van der Waals surface area contributed by atoms with Crippen LogP contribution in [0.2, 0.25) is 0 Å². The lowest BCUT2D eigenvalue weighted by molar-refractivity contribution is -0.128. The SMILES string of the molecule is CC(=O)N1CCC(Oc2nccnc2C#N)C1. The van der Waals surface area contributed by atoms with Gasteiger partial charge in [0, 0.05) is 32.3 Å². The van der Waals surface area contributed by atoms with Gasteiger partial charge in [0.2, 0.25) is 11.6 Å². The van der Waals surface area contributed by atoms with Crippen LogP contribution in [0.4, 0.5) is 0 Å². The number of nitriles is 1. The van der Waals surface area contributed by atoms with Gasteiger partial charge < -0.3 is 9.64 Å². The fraction of sp³-hybridized carbons (Fsp3) is 0.455. The van der Waals surface area contributed by atoms with E-state index >= 15 is 0 Å². The summed E-state index contributed by atoms with van der Waals surface area (Å²) in [6.45, 7) is 2.75. The van der Waals surface area contributed by atoms with Crippen molar-refractivity contribution >= 4 is 5.91 Å². The molecule has 6 heteroatoms. The molecule has 2 rings (SSSR count). The summed E-state index contributed by atoms with van der Waals surface area (Å²) in [6, 6.07) is 1.92. The zero-order chi connectivity index (χ0) is 12.3. The number of ether oxygens (including phenoxy) is 1. The summed E-state index contributed by atoms with van der Waals surface area (Å²) < 4.78 is 5.59. The monoisotopic (exact) mass is 232 g/mol. The van der Waals surface area contributed by atoms with Crippen molar-refractivity contribution < 1.29 is 9.53 Å². The molecule has 0 saturated carbocycles. The van der Waals surface area contributed by atoms with Crippen LogP contribution in [-0.2, 0) is 4.79 Å². The third-order valence-electron chi connectivity index (χ3n) is 2.64. The van der Waals surface area contributed by atoms with E-state index in [1.165, 1.54) is 19.3 Å². The summed E-state index contributed by atoms with van der Waals surface area (Å²) in [4.78, 5) is 20.7. The van der Waals surface area contributed by atoms with Crippen LogP contribution in [0.5, 0.6) is 5.88 Å². The molecule has 1 unspecified atom stereocenters. The largest absolute Gasteiger partial charge is 0.470 e. The van der Waals surface area contributed by atoms with Gasteiger partial charge in [-0.15, -0.1) is 0 Å². The smallest absolute Gasteiger partial charge is 0.251 e. The molecule has 1 aliphatic heterocycles. The first-order chi connectivity index (χ1) is 8.20. The maximum absolute atomic E-state index is 11.2. The highest BCUT2D eigenvalue weighted by Gasteiger charge is 2.26. The van der Waals surface area contributed by atoms with Gasteiger partial charge in [0.05, 0.1) is 6.54 Å². The second-order valence-corrected chi connectivity index (χ2v) is 3.82. The minimum Gasteiger partial charge on any atom is -0.470 e. The van der Waals surface area contributed by atoms with E-state index < -0.39 is 0 Å². The molecule has 1 fully saturated rings. The van der Waals surface area contributed by atoms with Crippen LogP contribution < -0.4 is 4.74 Å². The van der Waals surface area contributed by atoms with E-state index in [4.69, 9.17) is 10.00 Å². The molecule has 17 heavy (non-hydrogen) atoms. The molecule has 1 amide bonds. The van der Waals surface area contributed by atoms with Crippen molar-refractivity contribution in [2.75, 3.05) is 13.1 Å². The number of likely N-dealkylation sites (tertiary alicyclic amines) is 1. The topological polar surface area (TPSA) is 79.1 Å². The molecule has 1 atom stereocenters. The van der Waals surface area contributed by atoms with Crippen LogP contribution in [0, 0.1) is 11.3 Å². The number of hydrogen-bond acceptors (Lipinski definition) is 5. The average molecular weight is 232 g/mol. The highest BCUT2D eigenvalue weighted by molar-refractivity contribution is 5.73. The first-order valence-electron chi connectivity index (χ1n) is 5.34. The molecule has 1 aromatic heterocycles. The van der Waals surface area contributed by atoms with Crippen molar-refractivity contribution in [3.8, 4) is 11.9 Å². The molecule has 1 aliphatic rings. The van der Waals surface area contributed by atoms with E-state index in [0.29, 0.717) is 13.1 Å². The lowest BCUT2D eigenvalue weighted by Gasteiger charge is -2.14.